The van der Waals surface area contributed by atoms with Gasteiger partial charge in [-0.15, -0.1) is 21.5 Å². The second-order valence-electron chi connectivity index (χ2n) is 6.38. The third-order valence-corrected chi connectivity index (χ3v) is 5.94. The molecule has 0 bridgehead atoms. The summed E-state index contributed by atoms with van der Waals surface area (Å²) < 4.78 is 4.26. The Balaban J connectivity index is 1.76. The SMILES string of the molecule is Cc1ccc2c(c1)c(=O)n(C)c1nnc(CNC(C)c3ccc(Cl)s3)n21. The van der Waals surface area contributed by atoms with Crippen molar-refractivity contribution in [2.45, 2.75) is 26.4 Å². The van der Waals surface area contributed by atoms with Crippen LogP contribution in [0.5, 0.6) is 0 Å². The molecule has 0 radical (unpaired) electrons. The van der Waals surface area contributed by atoms with E-state index in [9.17, 15) is 4.79 Å². The van der Waals surface area contributed by atoms with Crippen molar-refractivity contribution in [3.8, 4) is 0 Å². The summed E-state index contributed by atoms with van der Waals surface area (Å²) in [6, 6.07) is 9.92. The molecule has 0 fully saturated rings. The van der Waals surface area contributed by atoms with E-state index in [1.165, 1.54) is 0 Å². The van der Waals surface area contributed by atoms with Crippen molar-refractivity contribution in [1.29, 1.82) is 0 Å². The van der Waals surface area contributed by atoms with Gasteiger partial charge >= 0.3 is 0 Å². The van der Waals surface area contributed by atoms with Crippen molar-refractivity contribution in [1.82, 2.24) is 24.5 Å². The van der Waals surface area contributed by atoms with Gasteiger partial charge in [0.05, 0.1) is 21.8 Å². The molecule has 0 saturated carbocycles. The number of thiophene rings is 1. The first-order chi connectivity index (χ1) is 12.5. The van der Waals surface area contributed by atoms with Crippen LogP contribution in [0.4, 0.5) is 0 Å². The van der Waals surface area contributed by atoms with Gasteiger partial charge in [-0.3, -0.25) is 13.8 Å². The first-order valence-corrected chi connectivity index (χ1v) is 9.47. The molecule has 0 aliphatic rings. The second kappa shape index (κ2) is 6.50. The van der Waals surface area contributed by atoms with Gasteiger partial charge in [0.25, 0.3) is 5.56 Å². The summed E-state index contributed by atoms with van der Waals surface area (Å²) in [5.41, 5.74) is 1.80. The number of benzene rings is 1. The average molecular weight is 388 g/mol. The average Bonchev–Trinajstić information content (AvgIpc) is 3.24. The van der Waals surface area contributed by atoms with Crippen LogP contribution in [-0.2, 0) is 13.6 Å². The highest BCUT2D eigenvalue weighted by Crippen LogP contribution is 2.26. The van der Waals surface area contributed by atoms with Crippen LogP contribution in [0.2, 0.25) is 4.34 Å². The van der Waals surface area contributed by atoms with E-state index in [2.05, 4.69) is 22.4 Å². The minimum atomic E-state index is -0.0651. The minimum absolute atomic E-state index is 0.0651. The normalized spacial score (nSPS) is 12.9. The summed E-state index contributed by atoms with van der Waals surface area (Å²) >= 11 is 7.58. The molecule has 134 valence electrons. The molecule has 26 heavy (non-hydrogen) atoms. The standard InChI is InChI=1S/C18H18ClN5OS/c1-10-4-5-13-12(8-10)17(25)23(3)18-22-21-16(24(13)18)9-20-11(2)14-6-7-15(19)26-14/h4-8,11,20H,9H2,1-3H3. The quantitative estimate of drug-likeness (QED) is 0.582. The van der Waals surface area contributed by atoms with Gasteiger partial charge in [-0.05, 0) is 38.1 Å². The molecule has 0 aliphatic heterocycles. The Kier molecular flexibility index (Phi) is 4.30. The zero-order chi connectivity index (χ0) is 18.4. The Hall–Kier alpha value is -2.22. The van der Waals surface area contributed by atoms with E-state index in [-0.39, 0.29) is 11.6 Å². The number of aryl methyl sites for hydroxylation is 2. The summed E-state index contributed by atoms with van der Waals surface area (Å²) in [5.74, 6) is 1.30. The number of rotatable bonds is 4. The molecule has 0 spiro atoms. The topological polar surface area (TPSA) is 64.2 Å². The monoisotopic (exact) mass is 387 g/mol. The van der Waals surface area contributed by atoms with Crippen LogP contribution >= 0.6 is 22.9 Å². The van der Waals surface area contributed by atoms with Crippen LogP contribution < -0.4 is 10.9 Å². The predicted octanol–water partition coefficient (Wildman–Crippen LogP) is 3.46. The molecule has 6 nitrogen and oxygen atoms in total. The van der Waals surface area contributed by atoms with Crippen molar-refractivity contribution < 1.29 is 0 Å². The predicted molar refractivity (Wildman–Crippen MR) is 105 cm³/mol. The largest absolute Gasteiger partial charge is 0.302 e. The number of aromatic nitrogens is 4. The Morgan fingerprint density at radius 3 is 2.81 bits per heavy atom. The van der Waals surface area contributed by atoms with Crippen LogP contribution in [-0.4, -0.2) is 19.2 Å². The van der Waals surface area contributed by atoms with Gasteiger partial charge in [0, 0.05) is 18.0 Å². The maximum absolute atomic E-state index is 12.6. The fourth-order valence-corrected chi connectivity index (χ4v) is 4.17. The van der Waals surface area contributed by atoms with Crippen LogP contribution in [0.3, 0.4) is 0 Å². The second-order valence-corrected chi connectivity index (χ2v) is 8.13. The van der Waals surface area contributed by atoms with Crippen LogP contribution in [0.15, 0.2) is 35.1 Å². The molecule has 4 aromatic rings. The zero-order valence-electron chi connectivity index (χ0n) is 14.7. The lowest BCUT2D eigenvalue weighted by atomic mass is 10.1. The summed E-state index contributed by atoms with van der Waals surface area (Å²) in [4.78, 5) is 13.8. The molecule has 0 aliphatic carbocycles. The molecule has 1 aromatic carbocycles. The molecule has 1 N–H and O–H groups in total. The van der Waals surface area contributed by atoms with Crippen molar-refractivity contribution in [3.05, 3.63) is 61.3 Å². The molecule has 1 unspecified atom stereocenters. The van der Waals surface area contributed by atoms with Gasteiger partial charge in [-0.1, -0.05) is 23.2 Å². The van der Waals surface area contributed by atoms with Crippen molar-refractivity contribution in [2.24, 2.45) is 7.05 Å². The van der Waals surface area contributed by atoms with Gasteiger partial charge in [-0.2, -0.15) is 0 Å². The summed E-state index contributed by atoms with van der Waals surface area (Å²) in [5, 5.41) is 12.7. The van der Waals surface area contributed by atoms with Gasteiger partial charge in [0.1, 0.15) is 0 Å². The van der Waals surface area contributed by atoms with Gasteiger partial charge in [-0.25, -0.2) is 0 Å². The Morgan fingerprint density at radius 1 is 1.27 bits per heavy atom. The van der Waals surface area contributed by atoms with E-state index in [0.29, 0.717) is 17.7 Å². The maximum Gasteiger partial charge on any atom is 0.262 e. The minimum Gasteiger partial charge on any atom is -0.302 e. The first kappa shape index (κ1) is 17.2. The van der Waals surface area contributed by atoms with E-state index >= 15 is 0 Å². The number of halogens is 1. The zero-order valence-corrected chi connectivity index (χ0v) is 16.2. The lowest BCUT2D eigenvalue weighted by molar-refractivity contribution is 0.564. The number of hydrogen-bond donors (Lipinski definition) is 1. The molecule has 0 amide bonds. The molecule has 3 aromatic heterocycles. The Morgan fingerprint density at radius 2 is 2.08 bits per heavy atom. The Bertz CT molecular complexity index is 1180. The van der Waals surface area contributed by atoms with Crippen molar-refractivity contribution in [2.75, 3.05) is 0 Å². The van der Waals surface area contributed by atoms with E-state index < -0.39 is 0 Å². The van der Waals surface area contributed by atoms with E-state index in [4.69, 9.17) is 11.6 Å². The maximum atomic E-state index is 12.6. The summed E-state index contributed by atoms with van der Waals surface area (Å²) in [6.45, 7) is 4.59. The van der Waals surface area contributed by atoms with Crippen molar-refractivity contribution in [3.63, 3.8) is 0 Å². The number of hydrogen-bond acceptors (Lipinski definition) is 5. The first-order valence-electron chi connectivity index (χ1n) is 8.27. The van der Waals surface area contributed by atoms with Crippen LogP contribution in [0.1, 0.15) is 29.2 Å². The third kappa shape index (κ3) is 2.82. The van der Waals surface area contributed by atoms with Crippen molar-refractivity contribution >= 4 is 39.6 Å². The smallest absolute Gasteiger partial charge is 0.262 e. The number of fused-ring (bicyclic) bond motifs is 3. The highest BCUT2D eigenvalue weighted by atomic mass is 35.5. The van der Waals surface area contributed by atoms with Gasteiger partial charge < -0.3 is 5.32 Å². The van der Waals surface area contributed by atoms with Gasteiger partial charge in [0.15, 0.2) is 5.82 Å². The van der Waals surface area contributed by atoms with Crippen LogP contribution in [0, 0.1) is 6.92 Å². The van der Waals surface area contributed by atoms with Crippen LogP contribution in [0.25, 0.3) is 16.7 Å². The lowest BCUT2D eigenvalue weighted by Crippen LogP contribution is -2.22. The molecule has 3 heterocycles. The number of nitrogens with one attached hydrogen (secondary N) is 1. The summed E-state index contributed by atoms with van der Waals surface area (Å²) in [7, 11) is 1.72. The highest BCUT2D eigenvalue weighted by Gasteiger charge is 2.16. The number of nitrogens with zero attached hydrogens (tertiary/aromatic N) is 4. The third-order valence-electron chi connectivity index (χ3n) is 4.53. The van der Waals surface area contributed by atoms with E-state index in [0.717, 1.165) is 26.1 Å². The molecule has 1 atom stereocenters. The lowest BCUT2D eigenvalue weighted by Gasteiger charge is -2.12. The molecular formula is C18H18ClN5OS. The highest BCUT2D eigenvalue weighted by molar-refractivity contribution is 7.16. The molecule has 0 saturated heterocycles. The molecular weight excluding hydrogens is 370 g/mol. The molecule has 4 rings (SSSR count). The van der Waals surface area contributed by atoms with E-state index in [1.807, 2.05) is 41.7 Å². The fraction of sp³-hybridized carbons (Fsp3) is 0.278. The summed E-state index contributed by atoms with van der Waals surface area (Å²) in [6.07, 6.45) is 0. The van der Waals surface area contributed by atoms with Gasteiger partial charge in [0.2, 0.25) is 5.78 Å². The van der Waals surface area contributed by atoms with E-state index in [1.54, 1.807) is 23.0 Å². The molecule has 8 heteroatoms. The fourth-order valence-electron chi connectivity index (χ4n) is 3.08. The Labute approximate surface area is 159 Å².